The smallest absolute Gasteiger partial charge is 0.115 e. The van der Waals surface area contributed by atoms with Crippen LogP contribution in [0.3, 0.4) is 0 Å². The Morgan fingerprint density at radius 2 is 1.54 bits per heavy atom. The van der Waals surface area contributed by atoms with Crippen LogP contribution in [0.1, 0.15) is 30.4 Å². The van der Waals surface area contributed by atoms with Crippen LogP contribution in [0.15, 0.2) is 48.5 Å². The highest BCUT2D eigenvalue weighted by molar-refractivity contribution is 5.27. The molecule has 1 fully saturated rings. The molecule has 1 saturated carbocycles. The van der Waals surface area contributed by atoms with Crippen LogP contribution in [0.2, 0.25) is 0 Å². The highest BCUT2D eigenvalue weighted by atomic mass is 16.3. The summed E-state index contributed by atoms with van der Waals surface area (Å²) >= 11 is 0. The van der Waals surface area contributed by atoms with Gasteiger partial charge in [-0.25, -0.2) is 0 Å². The van der Waals surface area contributed by atoms with Gasteiger partial charge in [-0.1, -0.05) is 30.7 Å². The second kappa shape index (κ2) is 8.20. The molecule has 24 heavy (non-hydrogen) atoms. The number of rotatable bonds is 8. The van der Waals surface area contributed by atoms with Gasteiger partial charge in [-0.3, -0.25) is 0 Å². The molecule has 1 aliphatic rings. The van der Waals surface area contributed by atoms with Gasteiger partial charge in [-0.05, 0) is 67.0 Å². The molecule has 0 radical (unpaired) electrons. The summed E-state index contributed by atoms with van der Waals surface area (Å²) in [6.07, 6.45) is 6.08. The van der Waals surface area contributed by atoms with Gasteiger partial charge in [0.2, 0.25) is 0 Å². The zero-order valence-electron chi connectivity index (χ0n) is 14.2. The van der Waals surface area contributed by atoms with E-state index in [-0.39, 0.29) is 0 Å². The molecule has 128 valence electrons. The van der Waals surface area contributed by atoms with Crippen molar-refractivity contribution in [3.05, 3.63) is 59.7 Å². The Kier molecular flexibility index (Phi) is 5.76. The second-order valence-electron chi connectivity index (χ2n) is 6.93. The lowest BCUT2D eigenvalue weighted by atomic mass is 9.85. The van der Waals surface area contributed by atoms with E-state index in [1.165, 1.54) is 36.9 Å². The number of hydrogen-bond donors (Lipinski definition) is 2. The summed E-state index contributed by atoms with van der Waals surface area (Å²) in [5.74, 6) is 1.53. The molecule has 3 rings (SSSR count). The van der Waals surface area contributed by atoms with Crippen molar-refractivity contribution in [3.8, 4) is 11.5 Å². The van der Waals surface area contributed by atoms with Crippen LogP contribution in [0.5, 0.6) is 11.5 Å². The van der Waals surface area contributed by atoms with Gasteiger partial charge in [-0.15, -0.1) is 0 Å². The van der Waals surface area contributed by atoms with Crippen LogP contribution in [0.25, 0.3) is 0 Å². The number of phenolic OH excluding ortho intramolecular Hbond substituents is 2. The van der Waals surface area contributed by atoms with E-state index in [0.29, 0.717) is 11.5 Å². The van der Waals surface area contributed by atoms with Gasteiger partial charge in [0.15, 0.2) is 0 Å². The van der Waals surface area contributed by atoms with Crippen molar-refractivity contribution in [2.24, 2.45) is 5.92 Å². The molecule has 3 heteroatoms. The summed E-state index contributed by atoms with van der Waals surface area (Å²) in [5.41, 5.74) is 2.46. The minimum Gasteiger partial charge on any atom is -0.508 e. The molecular formula is C21H27NO2. The van der Waals surface area contributed by atoms with E-state index < -0.39 is 0 Å². The van der Waals surface area contributed by atoms with Crippen LogP contribution in [0.4, 0.5) is 0 Å². The Labute approximate surface area is 144 Å². The first kappa shape index (κ1) is 16.8. The van der Waals surface area contributed by atoms with Crippen molar-refractivity contribution in [2.75, 3.05) is 19.6 Å². The van der Waals surface area contributed by atoms with Crippen molar-refractivity contribution < 1.29 is 10.2 Å². The van der Waals surface area contributed by atoms with Gasteiger partial charge in [0.1, 0.15) is 11.5 Å². The lowest BCUT2D eigenvalue weighted by Gasteiger charge is -2.32. The predicted molar refractivity (Wildman–Crippen MR) is 97.4 cm³/mol. The average molecular weight is 325 g/mol. The predicted octanol–water partition coefficient (Wildman–Crippen LogP) is 3.99. The Morgan fingerprint density at radius 3 is 2.17 bits per heavy atom. The van der Waals surface area contributed by atoms with E-state index in [0.717, 1.165) is 31.8 Å². The zero-order chi connectivity index (χ0) is 16.8. The van der Waals surface area contributed by atoms with Crippen LogP contribution in [0, 0.1) is 5.92 Å². The highest BCUT2D eigenvalue weighted by Crippen LogP contribution is 2.27. The molecule has 1 aliphatic carbocycles. The van der Waals surface area contributed by atoms with E-state index in [9.17, 15) is 10.2 Å². The number of benzene rings is 2. The van der Waals surface area contributed by atoms with Gasteiger partial charge in [0, 0.05) is 19.6 Å². The molecule has 0 atom stereocenters. The Balaban J connectivity index is 1.54. The molecule has 3 nitrogen and oxygen atoms in total. The third kappa shape index (κ3) is 5.00. The fraction of sp³-hybridized carbons (Fsp3) is 0.429. The summed E-state index contributed by atoms with van der Waals surface area (Å²) in [7, 11) is 0. The maximum Gasteiger partial charge on any atom is 0.115 e. The number of aromatic hydroxyl groups is 2. The number of hydrogen-bond acceptors (Lipinski definition) is 3. The molecule has 2 N–H and O–H groups in total. The van der Waals surface area contributed by atoms with Crippen LogP contribution >= 0.6 is 0 Å². The third-order valence-corrected chi connectivity index (χ3v) is 5.02. The van der Waals surface area contributed by atoms with Gasteiger partial charge < -0.3 is 15.1 Å². The third-order valence-electron chi connectivity index (χ3n) is 5.02. The minimum atomic E-state index is 0.328. The van der Waals surface area contributed by atoms with E-state index >= 15 is 0 Å². The molecule has 0 bridgehead atoms. The molecule has 0 unspecified atom stereocenters. The molecule has 0 saturated heterocycles. The average Bonchev–Trinajstić information content (AvgIpc) is 2.54. The normalized spacial score (nSPS) is 14.7. The van der Waals surface area contributed by atoms with Crippen LogP contribution in [-0.2, 0) is 12.8 Å². The molecule has 0 heterocycles. The maximum absolute atomic E-state index is 9.61. The van der Waals surface area contributed by atoms with Gasteiger partial charge in [-0.2, -0.15) is 0 Å². The Bertz CT molecular complexity index is 635. The zero-order valence-corrected chi connectivity index (χ0v) is 14.2. The van der Waals surface area contributed by atoms with Crippen molar-refractivity contribution in [2.45, 2.75) is 32.1 Å². The van der Waals surface area contributed by atoms with Crippen molar-refractivity contribution in [1.82, 2.24) is 4.90 Å². The topological polar surface area (TPSA) is 43.7 Å². The lowest BCUT2D eigenvalue weighted by Crippen LogP contribution is -2.35. The minimum absolute atomic E-state index is 0.328. The monoisotopic (exact) mass is 325 g/mol. The Morgan fingerprint density at radius 1 is 0.833 bits per heavy atom. The van der Waals surface area contributed by atoms with Crippen molar-refractivity contribution in [3.63, 3.8) is 0 Å². The summed E-state index contributed by atoms with van der Waals surface area (Å²) in [6, 6.07) is 15.1. The van der Waals surface area contributed by atoms with Crippen LogP contribution in [-0.4, -0.2) is 34.7 Å². The first-order valence-electron chi connectivity index (χ1n) is 8.97. The summed E-state index contributed by atoms with van der Waals surface area (Å²) in [5, 5.41) is 19.0. The van der Waals surface area contributed by atoms with Crippen molar-refractivity contribution >= 4 is 0 Å². The molecular weight excluding hydrogens is 298 g/mol. The quantitative estimate of drug-likeness (QED) is 0.771. The molecule has 0 amide bonds. The molecule has 0 aromatic heterocycles. The lowest BCUT2D eigenvalue weighted by molar-refractivity contribution is 0.180. The number of nitrogens with zero attached hydrogens (tertiary/aromatic N) is 1. The van der Waals surface area contributed by atoms with Gasteiger partial charge in [0.05, 0.1) is 0 Å². The van der Waals surface area contributed by atoms with E-state index in [1.54, 1.807) is 18.2 Å². The Hall–Kier alpha value is -2.00. The van der Waals surface area contributed by atoms with E-state index in [1.807, 2.05) is 24.3 Å². The van der Waals surface area contributed by atoms with E-state index in [4.69, 9.17) is 0 Å². The highest BCUT2D eigenvalue weighted by Gasteiger charge is 2.20. The van der Waals surface area contributed by atoms with Crippen LogP contribution < -0.4 is 0 Å². The summed E-state index contributed by atoms with van der Waals surface area (Å²) < 4.78 is 0. The molecule has 2 aromatic carbocycles. The summed E-state index contributed by atoms with van der Waals surface area (Å²) in [6.45, 7) is 3.25. The van der Waals surface area contributed by atoms with E-state index in [2.05, 4.69) is 11.0 Å². The molecule has 0 spiro atoms. The van der Waals surface area contributed by atoms with Crippen molar-refractivity contribution in [1.29, 1.82) is 0 Å². The second-order valence-corrected chi connectivity index (χ2v) is 6.93. The SMILES string of the molecule is Oc1ccc(CCN(CCc2cccc(O)c2)CC2CCC2)cc1. The number of phenols is 2. The standard InChI is InChI=1S/C21H27NO2/c23-20-9-7-17(8-10-20)11-13-22(16-19-4-1-5-19)14-12-18-3-2-6-21(24)15-18/h2-3,6-10,15,19,23-24H,1,4-5,11-14,16H2. The van der Waals surface area contributed by atoms with Gasteiger partial charge in [0.25, 0.3) is 0 Å². The maximum atomic E-state index is 9.61. The molecule has 2 aromatic rings. The largest absolute Gasteiger partial charge is 0.508 e. The molecule has 0 aliphatic heterocycles. The first-order chi connectivity index (χ1) is 11.7. The fourth-order valence-electron chi connectivity index (χ4n) is 3.28. The fourth-order valence-corrected chi connectivity index (χ4v) is 3.28. The van der Waals surface area contributed by atoms with Gasteiger partial charge >= 0.3 is 0 Å². The first-order valence-corrected chi connectivity index (χ1v) is 8.97. The summed E-state index contributed by atoms with van der Waals surface area (Å²) in [4.78, 5) is 2.56.